The van der Waals surface area contributed by atoms with Gasteiger partial charge >= 0.3 is 0 Å². The summed E-state index contributed by atoms with van der Waals surface area (Å²) in [5.41, 5.74) is 2.79. The first-order valence-electron chi connectivity index (χ1n) is 8.39. The summed E-state index contributed by atoms with van der Waals surface area (Å²) in [6.45, 7) is 11.3. The molecule has 25 heavy (non-hydrogen) atoms. The Kier molecular flexibility index (Phi) is 8.92. The number of rotatable bonds is 7. The molecule has 2 amide bonds. The van der Waals surface area contributed by atoms with E-state index >= 15 is 0 Å². The molecule has 0 aliphatic carbocycles. The van der Waals surface area contributed by atoms with Gasteiger partial charge in [0.15, 0.2) is 0 Å². The van der Waals surface area contributed by atoms with E-state index in [0.29, 0.717) is 4.32 Å². The number of hydrogen-bond acceptors (Lipinski definition) is 4. The average molecular weight is 382 g/mol. The maximum Gasteiger partial charge on any atom is 0.243 e. The van der Waals surface area contributed by atoms with E-state index in [4.69, 9.17) is 12.2 Å². The zero-order chi connectivity index (χ0) is 19.0. The number of carbonyl (C=O) groups is 2. The minimum absolute atomic E-state index is 0.0600. The molecule has 0 heterocycles. The number of nitrogens with zero attached hydrogens (tertiary/aromatic N) is 1. The average Bonchev–Trinajstić information content (AvgIpc) is 2.57. The van der Waals surface area contributed by atoms with Crippen LogP contribution in [-0.2, 0) is 9.59 Å². The Bertz CT molecular complexity index is 610. The largest absolute Gasteiger partial charge is 0.358 e. The molecular weight excluding hydrogens is 354 g/mol. The van der Waals surface area contributed by atoms with Crippen LogP contribution in [0.2, 0.25) is 0 Å². The molecule has 5 nitrogen and oxygen atoms in total. The molecule has 1 aromatic carbocycles. The van der Waals surface area contributed by atoms with Crippen LogP contribution in [0.4, 0.5) is 5.69 Å². The molecule has 0 aliphatic rings. The smallest absolute Gasteiger partial charge is 0.243 e. The highest BCUT2D eigenvalue weighted by molar-refractivity contribution is 8.23. The van der Waals surface area contributed by atoms with Gasteiger partial charge in [-0.1, -0.05) is 42.2 Å². The van der Waals surface area contributed by atoms with Gasteiger partial charge in [-0.15, -0.1) is 0 Å². The first-order valence-corrected chi connectivity index (χ1v) is 9.68. The van der Waals surface area contributed by atoms with E-state index in [9.17, 15) is 9.59 Å². The Morgan fingerprint density at radius 2 is 1.76 bits per heavy atom. The van der Waals surface area contributed by atoms with E-state index in [0.717, 1.165) is 29.9 Å². The molecule has 1 rings (SSSR count). The molecule has 0 bridgehead atoms. The fourth-order valence-electron chi connectivity index (χ4n) is 2.27. The molecule has 0 spiro atoms. The van der Waals surface area contributed by atoms with Gasteiger partial charge in [-0.05, 0) is 45.7 Å². The summed E-state index contributed by atoms with van der Waals surface area (Å²) in [6.07, 6.45) is 0. The lowest BCUT2D eigenvalue weighted by Gasteiger charge is -2.22. The highest BCUT2D eigenvalue weighted by Crippen LogP contribution is 2.19. The quantitative estimate of drug-likeness (QED) is 0.711. The molecule has 0 radical (unpaired) electrons. The van der Waals surface area contributed by atoms with Crippen LogP contribution in [0.25, 0.3) is 0 Å². The summed E-state index contributed by atoms with van der Waals surface area (Å²) in [4.78, 5) is 26.3. The van der Waals surface area contributed by atoms with E-state index < -0.39 is 0 Å². The first-order chi connectivity index (χ1) is 11.8. The number of aryl methyl sites for hydroxylation is 2. The number of benzene rings is 1. The number of hydrogen-bond donors (Lipinski definition) is 2. The molecule has 0 saturated heterocycles. The molecule has 0 unspecified atom stereocenters. The predicted molar refractivity (Wildman–Crippen MR) is 110 cm³/mol. The molecular formula is C18H27N3O2S2. The van der Waals surface area contributed by atoms with E-state index in [2.05, 4.69) is 10.6 Å². The fourth-order valence-corrected chi connectivity index (χ4v) is 3.86. The van der Waals surface area contributed by atoms with Crippen molar-refractivity contribution >= 4 is 45.8 Å². The van der Waals surface area contributed by atoms with Crippen LogP contribution in [0.3, 0.4) is 0 Å². The Morgan fingerprint density at radius 1 is 1.20 bits per heavy atom. The Balaban J connectivity index is 2.50. The SMILES string of the molecule is CCN(CC)C(=S)S[C@H](C)C(=O)NCC(=O)Nc1c(C)cccc1C. The van der Waals surface area contributed by atoms with E-state index in [1.165, 1.54) is 11.8 Å². The Labute approximate surface area is 159 Å². The minimum Gasteiger partial charge on any atom is -0.358 e. The zero-order valence-corrected chi connectivity index (χ0v) is 17.1. The van der Waals surface area contributed by atoms with Crippen molar-refractivity contribution in [2.45, 2.75) is 39.9 Å². The van der Waals surface area contributed by atoms with Gasteiger partial charge in [0.2, 0.25) is 11.8 Å². The van der Waals surface area contributed by atoms with Crippen LogP contribution in [0.1, 0.15) is 31.9 Å². The number of thiocarbonyl (C=S) groups is 1. The molecule has 0 aromatic heterocycles. The van der Waals surface area contributed by atoms with Crippen molar-refractivity contribution in [2.75, 3.05) is 25.0 Å². The van der Waals surface area contributed by atoms with Crippen LogP contribution in [0.5, 0.6) is 0 Å². The van der Waals surface area contributed by atoms with Gasteiger partial charge in [-0.2, -0.15) is 0 Å². The fraction of sp³-hybridized carbons (Fsp3) is 0.500. The molecule has 0 aliphatic heterocycles. The second-order valence-corrected chi connectivity index (χ2v) is 7.71. The number of para-hydroxylation sites is 1. The highest BCUT2D eigenvalue weighted by Gasteiger charge is 2.19. The Morgan fingerprint density at radius 3 is 2.28 bits per heavy atom. The molecule has 1 aromatic rings. The van der Waals surface area contributed by atoms with Crippen molar-refractivity contribution in [1.29, 1.82) is 0 Å². The second-order valence-electron chi connectivity index (χ2n) is 5.73. The zero-order valence-electron chi connectivity index (χ0n) is 15.5. The molecule has 7 heteroatoms. The van der Waals surface area contributed by atoms with Crippen LogP contribution < -0.4 is 10.6 Å². The van der Waals surface area contributed by atoms with Gasteiger partial charge in [0.05, 0.1) is 11.8 Å². The standard InChI is InChI=1S/C18H27N3O2S2/c1-6-21(7-2)18(24)25-14(5)17(23)19-11-15(22)20-16-12(3)9-8-10-13(16)4/h8-10,14H,6-7,11H2,1-5H3,(H,19,23)(H,20,22)/t14-/m1/s1. The third kappa shape index (κ3) is 6.66. The predicted octanol–water partition coefficient (Wildman–Crippen LogP) is 3.11. The van der Waals surface area contributed by atoms with Crippen molar-refractivity contribution in [1.82, 2.24) is 10.2 Å². The van der Waals surface area contributed by atoms with Crippen molar-refractivity contribution in [3.63, 3.8) is 0 Å². The van der Waals surface area contributed by atoms with Crippen LogP contribution in [-0.4, -0.2) is 45.9 Å². The maximum atomic E-state index is 12.2. The molecule has 0 fully saturated rings. The normalized spacial score (nSPS) is 11.6. The molecule has 138 valence electrons. The van der Waals surface area contributed by atoms with E-state index in [1.54, 1.807) is 6.92 Å². The van der Waals surface area contributed by atoms with Gasteiger partial charge in [0, 0.05) is 18.8 Å². The third-order valence-electron chi connectivity index (χ3n) is 3.84. The number of nitrogens with one attached hydrogen (secondary N) is 2. The molecule has 2 N–H and O–H groups in total. The maximum absolute atomic E-state index is 12.2. The Hall–Kier alpha value is -1.60. The van der Waals surface area contributed by atoms with Crippen LogP contribution in [0.15, 0.2) is 18.2 Å². The van der Waals surface area contributed by atoms with Crippen molar-refractivity contribution < 1.29 is 9.59 Å². The number of thioether (sulfide) groups is 1. The van der Waals surface area contributed by atoms with Gasteiger partial charge in [0.1, 0.15) is 4.32 Å². The second kappa shape index (κ2) is 10.4. The van der Waals surface area contributed by atoms with Crippen molar-refractivity contribution in [3.8, 4) is 0 Å². The van der Waals surface area contributed by atoms with E-state index in [1.807, 2.05) is 50.8 Å². The van der Waals surface area contributed by atoms with Gasteiger partial charge in [-0.25, -0.2) is 0 Å². The lowest BCUT2D eigenvalue weighted by Crippen LogP contribution is -2.38. The van der Waals surface area contributed by atoms with Gasteiger partial charge in [-0.3, -0.25) is 9.59 Å². The molecule has 1 atom stereocenters. The lowest BCUT2D eigenvalue weighted by atomic mass is 10.1. The van der Waals surface area contributed by atoms with Gasteiger partial charge < -0.3 is 15.5 Å². The number of carbonyl (C=O) groups excluding carboxylic acids is 2. The first kappa shape index (κ1) is 21.4. The summed E-state index contributed by atoms with van der Waals surface area (Å²) in [7, 11) is 0. The third-order valence-corrected chi connectivity index (χ3v) is 5.41. The summed E-state index contributed by atoms with van der Waals surface area (Å²) < 4.78 is 0.702. The summed E-state index contributed by atoms with van der Waals surface area (Å²) >= 11 is 6.69. The minimum atomic E-state index is -0.346. The lowest BCUT2D eigenvalue weighted by molar-refractivity contribution is -0.123. The summed E-state index contributed by atoms with van der Waals surface area (Å²) in [5, 5.41) is 5.18. The number of amides is 2. The van der Waals surface area contributed by atoms with E-state index in [-0.39, 0.29) is 23.6 Å². The van der Waals surface area contributed by atoms with Crippen LogP contribution in [0, 0.1) is 13.8 Å². The topological polar surface area (TPSA) is 61.4 Å². The van der Waals surface area contributed by atoms with Crippen molar-refractivity contribution in [2.24, 2.45) is 0 Å². The van der Waals surface area contributed by atoms with Crippen molar-refractivity contribution in [3.05, 3.63) is 29.3 Å². The van der Waals surface area contributed by atoms with Gasteiger partial charge in [0.25, 0.3) is 0 Å². The molecule has 0 saturated carbocycles. The summed E-state index contributed by atoms with van der Waals surface area (Å²) in [6, 6.07) is 5.82. The highest BCUT2D eigenvalue weighted by atomic mass is 32.2. The summed E-state index contributed by atoms with van der Waals surface area (Å²) in [5.74, 6) is -0.439. The van der Waals surface area contributed by atoms with Crippen LogP contribution >= 0.6 is 24.0 Å². The monoisotopic (exact) mass is 381 g/mol. The number of anilines is 1.